The Morgan fingerprint density at radius 1 is 1.38 bits per heavy atom. The monoisotopic (exact) mass is 452 g/mol. The summed E-state index contributed by atoms with van der Waals surface area (Å²) in [4.78, 5) is 20.5. The van der Waals surface area contributed by atoms with Crippen molar-refractivity contribution in [2.24, 2.45) is 16.6 Å². The zero-order chi connectivity index (χ0) is 23.1. The quantitative estimate of drug-likeness (QED) is 0.680. The molecule has 0 spiro atoms. The Hall–Kier alpha value is -3.21. The van der Waals surface area contributed by atoms with E-state index in [1.807, 2.05) is 0 Å². The van der Waals surface area contributed by atoms with Gasteiger partial charge in [-0.3, -0.25) is 9.79 Å². The number of carbonyl (C=O) groups excluding carboxylic acids is 1. The van der Waals surface area contributed by atoms with Crippen LogP contribution in [0.2, 0.25) is 0 Å². The first-order valence-electron chi connectivity index (χ1n) is 9.72. The second kappa shape index (κ2) is 8.05. The summed E-state index contributed by atoms with van der Waals surface area (Å²) in [5.74, 6) is -4.14. The third-order valence-corrected chi connectivity index (χ3v) is 5.83. The van der Waals surface area contributed by atoms with Gasteiger partial charge in [-0.15, -0.1) is 0 Å². The van der Waals surface area contributed by atoms with Crippen LogP contribution in [0, 0.1) is 17.6 Å². The van der Waals surface area contributed by atoms with Gasteiger partial charge in [-0.25, -0.2) is 22.5 Å². The van der Waals surface area contributed by atoms with E-state index in [9.17, 15) is 22.4 Å². The van der Waals surface area contributed by atoms with Crippen LogP contribution < -0.4 is 15.8 Å². The fraction of sp³-hybridized carbons (Fsp3) is 0.381. The van der Waals surface area contributed by atoms with E-state index in [0.29, 0.717) is 5.75 Å². The van der Waals surface area contributed by atoms with E-state index in [1.165, 1.54) is 31.5 Å². The number of ether oxygens (including phenoxy) is 2. The highest BCUT2D eigenvalue weighted by Crippen LogP contribution is 2.49. The number of benzene rings is 1. The molecule has 1 amide bonds. The van der Waals surface area contributed by atoms with E-state index in [-0.39, 0.29) is 30.2 Å². The summed E-state index contributed by atoms with van der Waals surface area (Å²) < 4.78 is 67.8. The summed E-state index contributed by atoms with van der Waals surface area (Å²) in [5.41, 5.74) is 1.33. The number of amides is 1. The Labute approximate surface area is 180 Å². The average Bonchev–Trinajstić information content (AvgIpc) is 3.19. The second-order valence-corrected chi connectivity index (χ2v) is 7.79. The summed E-state index contributed by atoms with van der Waals surface area (Å²) in [6.07, 6.45) is 0.935. The number of nitrogens with one attached hydrogen (secondary N) is 1. The second-order valence-electron chi connectivity index (χ2n) is 7.79. The molecule has 170 valence electrons. The molecule has 0 unspecified atom stereocenters. The predicted octanol–water partition coefficient (Wildman–Crippen LogP) is 2.90. The Morgan fingerprint density at radius 3 is 2.81 bits per heavy atom. The lowest BCUT2D eigenvalue weighted by molar-refractivity contribution is 0.102. The number of hydrogen-bond acceptors (Lipinski definition) is 6. The van der Waals surface area contributed by atoms with Crippen molar-refractivity contribution in [1.29, 1.82) is 0 Å². The SMILES string of the molecule is COc1ccc(C(=O)Nc2cc(F)c(F)c([C@]34COC[C@H]3C[C@@](F)(CF)C(N)=N4)c2)nc1. The minimum atomic E-state index is -2.50. The first-order chi connectivity index (χ1) is 15.2. The molecule has 0 aliphatic carbocycles. The molecule has 1 aromatic carbocycles. The number of nitrogens with zero attached hydrogens (tertiary/aromatic N) is 2. The summed E-state index contributed by atoms with van der Waals surface area (Å²) in [6, 6.07) is 4.92. The molecule has 0 saturated carbocycles. The minimum Gasteiger partial charge on any atom is -0.495 e. The molecule has 3 N–H and O–H groups in total. The number of pyridine rings is 1. The Bertz CT molecular complexity index is 1080. The predicted molar refractivity (Wildman–Crippen MR) is 107 cm³/mol. The highest BCUT2D eigenvalue weighted by atomic mass is 19.2. The van der Waals surface area contributed by atoms with Gasteiger partial charge in [-0.2, -0.15) is 0 Å². The smallest absolute Gasteiger partial charge is 0.274 e. The van der Waals surface area contributed by atoms with Crippen molar-refractivity contribution >= 4 is 17.4 Å². The van der Waals surface area contributed by atoms with Crippen molar-refractivity contribution in [2.75, 3.05) is 32.3 Å². The van der Waals surface area contributed by atoms with Crippen molar-refractivity contribution in [2.45, 2.75) is 17.6 Å². The van der Waals surface area contributed by atoms with Gasteiger partial charge in [0.05, 0.1) is 26.5 Å². The van der Waals surface area contributed by atoms with E-state index in [2.05, 4.69) is 15.3 Å². The van der Waals surface area contributed by atoms with Crippen LogP contribution in [-0.2, 0) is 10.3 Å². The normalized spacial score (nSPS) is 26.9. The molecule has 2 aliphatic heterocycles. The van der Waals surface area contributed by atoms with Gasteiger partial charge in [0.25, 0.3) is 5.91 Å². The number of anilines is 1. The molecule has 4 rings (SSSR count). The maximum absolute atomic E-state index is 14.9. The van der Waals surface area contributed by atoms with Crippen LogP contribution in [0.3, 0.4) is 0 Å². The maximum Gasteiger partial charge on any atom is 0.274 e. The number of rotatable bonds is 5. The Kier molecular flexibility index (Phi) is 5.53. The Balaban J connectivity index is 1.72. The van der Waals surface area contributed by atoms with Gasteiger partial charge < -0.3 is 20.5 Å². The van der Waals surface area contributed by atoms with Gasteiger partial charge >= 0.3 is 0 Å². The fourth-order valence-corrected chi connectivity index (χ4v) is 4.06. The molecule has 2 aromatic rings. The zero-order valence-electron chi connectivity index (χ0n) is 17.0. The maximum atomic E-state index is 14.9. The number of amidine groups is 1. The molecule has 1 saturated heterocycles. The zero-order valence-corrected chi connectivity index (χ0v) is 17.0. The lowest BCUT2D eigenvalue weighted by Crippen LogP contribution is -2.53. The molecule has 7 nitrogen and oxygen atoms in total. The van der Waals surface area contributed by atoms with Crippen LogP contribution in [0.4, 0.5) is 23.2 Å². The highest BCUT2D eigenvalue weighted by Gasteiger charge is 2.56. The number of methoxy groups -OCH3 is 1. The third-order valence-electron chi connectivity index (χ3n) is 5.83. The summed E-state index contributed by atoms with van der Waals surface area (Å²) >= 11 is 0. The van der Waals surface area contributed by atoms with Crippen LogP contribution in [-0.4, -0.2) is 49.4 Å². The molecule has 32 heavy (non-hydrogen) atoms. The number of hydrogen-bond donors (Lipinski definition) is 2. The lowest BCUT2D eigenvalue weighted by Gasteiger charge is -2.40. The molecule has 3 heterocycles. The van der Waals surface area contributed by atoms with Crippen LogP contribution in [0.25, 0.3) is 0 Å². The summed E-state index contributed by atoms with van der Waals surface area (Å²) in [5, 5.41) is 2.45. The molecule has 1 aromatic heterocycles. The van der Waals surface area contributed by atoms with Gasteiger partial charge in [0.15, 0.2) is 17.3 Å². The molecule has 0 radical (unpaired) electrons. The van der Waals surface area contributed by atoms with Gasteiger partial charge in [-0.05, 0) is 24.6 Å². The topological polar surface area (TPSA) is 98.8 Å². The first kappa shape index (κ1) is 22.0. The average molecular weight is 452 g/mol. The molecular formula is C21H20F4N4O3. The first-order valence-corrected chi connectivity index (χ1v) is 9.72. The van der Waals surface area contributed by atoms with Gasteiger partial charge in [0, 0.05) is 23.2 Å². The highest BCUT2D eigenvalue weighted by molar-refractivity contribution is 6.03. The van der Waals surface area contributed by atoms with Crippen LogP contribution in [0.15, 0.2) is 35.5 Å². The summed E-state index contributed by atoms with van der Waals surface area (Å²) in [7, 11) is 1.44. The van der Waals surface area contributed by atoms with Crippen LogP contribution in [0.5, 0.6) is 5.75 Å². The fourth-order valence-electron chi connectivity index (χ4n) is 4.06. The van der Waals surface area contributed by atoms with Crippen molar-refractivity contribution in [1.82, 2.24) is 4.98 Å². The van der Waals surface area contributed by atoms with Crippen molar-refractivity contribution in [3.63, 3.8) is 0 Å². The van der Waals surface area contributed by atoms with E-state index in [4.69, 9.17) is 15.2 Å². The number of fused-ring (bicyclic) bond motifs is 1. The van der Waals surface area contributed by atoms with Crippen molar-refractivity contribution < 1.29 is 31.8 Å². The van der Waals surface area contributed by atoms with Crippen LogP contribution >= 0.6 is 0 Å². The Morgan fingerprint density at radius 2 is 2.16 bits per heavy atom. The molecule has 2 aliphatic rings. The number of carbonyl (C=O) groups is 1. The lowest BCUT2D eigenvalue weighted by atomic mass is 9.73. The van der Waals surface area contributed by atoms with E-state index in [0.717, 1.165) is 6.07 Å². The largest absolute Gasteiger partial charge is 0.495 e. The van der Waals surface area contributed by atoms with Gasteiger partial charge in [-0.1, -0.05) is 0 Å². The number of alkyl halides is 2. The number of aliphatic imine (C=N–C) groups is 1. The molecule has 0 bridgehead atoms. The minimum absolute atomic E-state index is 0.0161. The molecular weight excluding hydrogens is 432 g/mol. The standard InChI is InChI=1S/C21H20F4N4O3/c1-31-13-2-3-16(27-7-13)18(30)28-12-4-14(17(24)15(23)5-12)21-10-32-8-11(21)6-20(25,9-22)19(26)29-21/h2-5,7,11H,6,8-10H2,1H3,(H2,26,29)(H,28,30)/t11-,20-,21+/m1/s1. The van der Waals surface area contributed by atoms with Gasteiger partial charge in [0.1, 0.15) is 29.5 Å². The number of halogens is 4. The van der Waals surface area contributed by atoms with Crippen LogP contribution in [0.1, 0.15) is 22.5 Å². The third kappa shape index (κ3) is 3.56. The van der Waals surface area contributed by atoms with Crippen molar-refractivity contribution in [3.05, 3.63) is 53.4 Å². The van der Waals surface area contributed by atoms with Gasteiger partial charge in [0.2, 0.25) is 0 Å². The van der Waals surface area contributed by atoms with E-state index >= 15 is 0 Å². The van der Waals surface area contributed by atoms with E-state index < -0.39 is 53.6 Å². The number of nitrogens with two attached hydrogens (primary N) is 1. The summed E-state index contributed by atoms with van der Waals surface area (Å²) in [6.45, 7) is -1.62. The molecule has 1 fully saturated rings. The number of aromatic nitrogens is 1. The molecule has 3 atom stereocenters. The van der Waals surface area contributed by atoms with Crippen molar-refractivity contribution in [3.8, 4) is 5.75 Å². The molecule has 11 heteroatoms. The van der Waals surface area contributed by atoms with E-state index in [1.54, 1.807) is 0 Å².